The van der Waals surface area contributed by atoms with E-state index < -0.39 is 0 Å². The van der Waals surface area contributed by atoms with Crippen molar-refractivity contribution in [1.29, 1.82) is 0 Å². The number of amides is 1. The summed E-state index contributed by atoms with van der Waals surface area (Å²) in [5, 5.41) is 7.77. The molecule has 3 heterocycles. The average molecular weight is 443 g/mol. The highest BCUT2D eigenvalue weighted by molar-refractivity contribution is 7.12. The molecule has 2 aromatic carbocycles. The highest BCUT2D eigenvalue weighted by Crippen LogP contribution is 2.34. The van der Waals surface area contributed by atoms with E-state index in [2.05, 4.69) is 20.3 Å². The summed E-state index contributed by atoms with van der Waals surface area (Å²) in [4.78, 5) is 25.9. The van der Waals surface area contributed by atoms with E-state index in [4.69, 9.17) is 11.6 Å². The number of thiazole rings is 1. The standard InChI is InChI=1S/C24H15ClN4OS/c25-20-8-7-17(12-19(20)22-18-6-2-1-4-15(18)9-11-27-22)28-23(30)24-29-21(14-31-24)16-5-3-10-26-13-16/h1-14H,(H,28,30). The van der Waals surface area contributed by atoms with E-state index in [1.165, 1.54) is 11.3 Å². The lowest BCUT2D eigenvalue weighted by molar-refractivity contribution is 0.102. The van der Waals surface area contributed by atoms with Crippen molar-refractivity contribution in [3.05, 3.63) is 94.7 Å². The van der Waals surface area contributed by atoms with E-state index in [0.29, 0.717) is 15.7 Å². The second-order valence-corrected chi connectivity index (χ2v) is 8.07. The summed E-state index contributed by atoms with van der Waals surface area (Å²) in [5.41, 5.74) is 3.74. The van der Waals surface area contributed by atoms with E-state index in [9.17, 15) is 4.79 Å². The summed E-state index contributed by atoms with van der Waals surface area (Å²) in [7, 11) is 0. The highest BCUT2D eigenvalue weighted by atomic mass is 35.5. The highest BCUT2D eigenvalue weighted by Gasteiger charge is 2.15. The lowest BCUT2D eigenvalue weighted by Crippen LogP contribution is -2.11. The normalized spacial score (nSPS) is 10.9. The van der Waals surface area contributed by atoms with Gasteiger partial charge in [-0.3, -0.25) is 14.8 Å². The van der Waals surface area contributed by atoms with Crippen LogP contribution in [0.2, 0.25) is 5.02 Å². The van der Waals surface area contributed by atoms with Crippen LogP contribution in [0, 0.1) is 0 Å². The Morgan fingerprint density at radius 1 is 1.00 bits per heavy atom. The fourth-order valence-electron chi connectivity index (χ4n) is 3.33. The maximum absolute atomic E-state index is 12.8. The number of hydrogen-bond acceptors (Lipinski definition) is 5. The number of hydrogen-bond donors (Lipinski definition) is 1. The number of halogens is 1. The predicted molar refractivity (Wildman–Crippen MR) is 125 cm³/mol. The Morgan fingerprint density at radius 2 is 1.90 bits per heavy atom. The van der Waals surface area contributed by atoms with Crippen molar-refractivity contribution < 1.29 is 4.79 Å². The van der Waals surface area contributed by atoms with Crippen molar-refractivity contribution in [2.24, 2.45) is 0 Å². The molecule has 0 aliphatic rings. The minimum absolute atomic E-state index is 0.278. The summed E-state index contributed by atoms with van der Waals surface area (Å²) >= 11 is 7.77. The maximum atomic E-state index is 12.8. The number of aromatic nitrogens is 3. The molecule has 1 amide bonds. The number of nitrogens with zero attached hydrogens (tertiary/aromatic N) is 3. The van der Waals surface area contributed by atoms with Crippen LogP contribution in [0.15, 0.2) is 84.6 Å². The summed E-state index contributed by atoms with van der Waals surface area (Å²) < 4.78 is 0. The number of rotatable bonds is 4. The number of carbonyl (C=O) groups excluding carboxylic acids is 1. The van der Waals surface area contributed by atoms with Gasteiger partial charge in [0, 0.05) is 46.2 Å². The van der Waals surface area contributed by atoms with Crippen molar-refractivity contribution in [2.75, 3.05) is 5.32 Å². The van der Waals surface area contributed by atoms with Crippen LogP contribution in [0.1, 0.15) is 9.80 Å². The fourth-order valence-corrected chi connectivity index (χ4v) is 4.26. The van der Waals surface area contributed by atoms with E-state index in [1.807, 2.05) is 53.9 Å². The molecule has 7 heteroatoms. The van der Waals surface area contributed by atoms with Crippen molar-refractivity contribution in [1.82, 2.24) is 15.0 Å². The van der Waals surface area contributed by atoms with Crippen molar-refractivity contribution in [2.45, 2.75) is 0 Å². The van der Waals surface area contributed by atoms with Crippen LogP contribution >= 0.6 is 22.9 Å². The zero-order valence-electron chi connectivity index (χ0n) is 16.1. The molecule has 5 rings (SSSR count). The molecule has 0 radical (unpaired) electrons. The third-order valence-corrected chi connectivity index (χ3v) is 5.98. The van der Waals surface area contributed by atoms with Gasteiger partial charge in [0.15, 0.2) is 5.01 Å². The van der Waals surface area contributed by atoms with Gasteiger partial charge in [-0.05, 0) is 41.8 Å². The predicted octanol–water partition coefficient (Wildman–Crippen LogP) is 6.33. The summed E-state index contributed by atoms with van der Waals surface area (Å²) in [6.07, 6.45) is 5.18. The Labute approximate surface area is 187 Å². The van der Waals surface area contributed by atoms with Gasteiger partial charge >= 0.3 is 0 Å². The lowest BCUT2D eigenvalue weighted by atomic mass is 10.0. The van der Waals surface area contributed by atoms with Gasteiger partial charge in [0.05, 0.1) is 16.4 Å². The van der Waals surface area contributed by atoms with Crippen molar-refractivity contribution in [3.8, 4) is 22.5 Å². The SMILES string of the molecule is O=C(Nc1ccc(Cl)c(-c2nccc3ccccc23)c1)c1nc(-c2cccnc2)cs1. The molecule has 0 unspecified atom stereocenters. The van der Waals surface area contributed by atoms with Gasteiger partial charge in [0.25, 0.3) is 5.91 Å². The molecule has 0 fully saturated rings. The fraction of sp³-hybridized carbons (Fsp3) is 0. The van der Waals surface area contributed by atoms with Gasteiger partial charge in [0.1, 0.15) is 0 Å². The molecular weight excluding hydrogens is 428 g/mol. The number of benzene rings is 2. The molecular formula is C24H15ClN4OS. The molecule has 0 saturated heterocycles. The molecule has 0 saturated carbocycles. The minimum Gasteiger partial charge on any atom is -0.320 e. The maximum Gasteiger partial charge on any atom is 0.284 e. The van der Waals surface area contributed by atoms with Crippen LogP contribution in [0.4, 0.5) is 5.69 Å². The first kappa shape index (κ1) is 19.4. The van der Waals surface area contributed by atoms with Gasteiger partial charge in [-0.15, -0.1) is 11.3 Å². The largest absolute Gasteiger partial charge is 0.320 e. The first-order valence-corrected chi connectivity index (χ1v) is 10.8. The third-order valence-electron chi connectivity index (χ3n) is 4.81. The Bertz CT molecular complexity index is 1400. The first-order chi connectivity index (χ1) is 15.2. The number of carbonyl (C=O) groups is 1. The van der Waals surface area contributed by atoms with Crippen LogP contribution in [-0.2, 0) is 0 Å². The quantitative estimate of drug-likeness (QED) is 0.353. The molecule has 150 valence electrons. The molecule has 0 bridgehead atoms. The van der Waals surface area contributed by atoms with Crippen molar-refractivity contribution >= 4 is 45.3 Å². The van der Waals surface area contributed by atoms with Crippen LogP contribution in [0.25, 0.3) is 33.3 Å². The van der Waals surface area contributed by atoms with Crippen molar-refractivity contribution in [3.63, 3.8) is 0 Å². The second kappa shape index (κ2) is 8.26. The Kier molecular flexibility index (Phi) is 5.16. The van der Waals surface area contributed by atoms with E-state index in [0.717, 1.165) is 33.3 Å². The van der Waals surface area contributed by atoms with Gasteiger partial charge < -0.3 is 5.32 Å². The van der Waals surface area contributed by atoms with E-state index in [1.54, 1.807) is 30.7 Å². The van der Waals surface area contributed by atoms with E-state index >= 15 is 0 Å². The molecule has 0 aliphatic heterocycles. The van der Waals surface area contributed by atoms with Gasteiger partial charge in [-0.25, -0.2) is 4.98 Å². The minimum atomic E-state index is -0.278. The first-order valence-electron chi connectivity index (χ1n) is 9.50. The Balaban J connectivity index is 1.45. The number of fused-ring (bicyclic) bond motifs is 1. The molecule has 0 atom stereocenters. The number of anilines is 1. The van der Waals surface area contributed by atoms with Crippen LogP contribution < -0.4 is 5.32 Å². The summed E-state index contributed by atoms with van der Waals surface area (Å²) in [6.45, 7) is 0. The number of nitrogens with one attached hydrogen (secondary N) is 1. The average Bonchev–Trinajstić information content (AvgIpc) is 3.31. The van der Waals surface area contributed by atoms with Gasteiger partial charge in [-0.2, -0.15) is 0 Å². The molecule has 1 N–H and O–H groups in total. The van der Waals surface area contributed by atoms with Gasteiger partial charge in [-0.1, -0.05) is 35.9 Å². The molecule has 31 heavy (non-hydrogen) atoms. The topological polar surface area (TPSA) is 67.8 Å². The van der Waals surface area contributed by atoms with Crippen LogP contribution in [0.3, 0.4) is 0 Å². The lowest BCUT2D eigenvalue weighted by Gasteiger charge is -2.10. The summed E-state index contributed by atoms with van der Waals surface area (Å²) in [6, 6.07) is 19.1. The van der Waals surface area contributed by atoms with Crippen LogP contribution in [-0.4, -0.2) is 20.9 Å². The molecule has 0 spiro atoms. The molecule has 0 aliphatic carbocycles. The third kappa shape index (κ3) is 3.91. The zero-order valence-corrected chi connectivity index (χ0v) is 17.7. The van der Waals surface area contributed by atoms with Gasteiger partial charge in [0.2, 0.25) is 0 Å². The monoisotopic (exact) mass is 442 g/mol. The van der Waals surface area contributed by atoms with Crippen LogP contribution in [0.5, 0.6) is 0 Å². The smallest absolute Gasteiger partial charge is 0.284 e. The second-order valence-electron chi connectivity index (χ2n) is 6.81. The van der Waals surface area contributed by atoms with E-state index in [-0.39, 0.29) is 5.91 Å². The summed E-state index contributed by atoms with van der Waals surface area (Å²) in [5.74, 6) is -0.278. The molecule has 5 nitrogen and oxygen atoms in total. The molecule has 5 aromatic rings. The Morgan fingerprint density at radius 3 is 2.77 bits per heavy atom. The zero-order chi connectivity index (χ0) is 21.2. The number of pyridine rings is 2. The Hall–Kier alpha value is -3.61. The molecule has 3 aromatic heterocycles.